The van der Waals surface area contributed by atoms with E-state index in [0.717, 1.165) is 12.2 Å². The Bertz CT molecular complexity index is 366. The molecule has 94 valence electrons. The summed E-state index contributed by atoms with van der Waals surface area (Å²) >= 11 is 5.55. The highest BCUT2D eigenvalue weighted by atomic mass is 35.5. The average Bonchev–Trinajstić information content (AvgIpc) is 2.26. The first-order valence-corrected chi connectivity index (χ1v) is 6.25. The highest BCUT2D eigenvalue weighted by Crippen LogP contribution is 2.12. The Morgan fingerprint density at radius 2 is 2.18 bits per heavy atom. The molecule has 0 spiro atoms. The lowest BCUT2D eigenvalue weighted by Gasteiger charge is -2.11. The first-order chi connectivity index (χ1) is 8.11. The quantitative estimate of drug-likeness (QED) is 0.792. The van der Waals surface area contributed by atoms with Crippen molar-refractivity contribution in [3.05, 3.63) is 29.8 Å². The lowest BCUT2D eigenvalue weighted by molar-refractivity contribution is -0.116. The number of nitrogens with one attached hydrogen (secondary N) is 1. The molecular formula is C13H19ClN2O. The third-order valence-corrected chi connectivity index (χ3v) is 2.51. The number of halogens is 1. The second kappa shape index (κ2) is 7.30. The van der Waals surface area contributed by atoms with Crippen LogP contribution in [0.25, 0.3) is 0 Å². The summed E-state index contributed by atoms with van der Waals surface area (Å²) in [6.07, 6.45) is 1.19. The van der Waals surface area contributed by atoms with Crippen molar-refractivity contribution in [1.82, 2.24) is 4.90 Å². The first kappa shape index (κ1) is 14.0. The Morgan fingerprint density at radius 1 is 1.41 bits per heavy atom. The second-order valence-corrected chi connectivity index (χ2v) is 4.66. The standard InChI is InChI=1S/C13H19ClN2O/c1-16(2)10-11-5-3-6-12(9-11)15-13(17)7-4-8-14/h3,5-6,9H,4,7-8,10H2,1-2H3,(H,15,17). The maximum absolute atomic E-state index is 11.5. The van der Waals surface area contributed by atoms with Gasteiger partial charge in [0.05, 0.1) is 0 Å². The van der Waals surface area contributed by atoms with Crippen molar-refractivity contribution in [2.75, 3.05) is 25.3 Å². The summed E-state index contributed by atoms with van der Waals surface area (Å²) in [5.74, 6) is 0.543. The van der Waals surface area contributed by atoms with Gasteiger partial charge in [-0.25, -0.2) is 0 Å². The molecule has 0 bridgehead atoms. The normalized spacial score (nSPS) is 10.6. The number of hydrogen-bond donors (Lipinski definition) is 1. The van der Waals surface area contributed by atoms with Crippen molar-refractivity contribution in [2.45, 2.75) is 19.4 Å². The molecule has 0 aliphatic heterocycles. The van der Waals surface area contributed by atoms with Gasteiger partial charge in [0.1, 0.15) is 0 Å². The van der Waals surface area contributed by atoms with Crippen molar-refractivity contribution >= 4 is 23.2 Å². The Hall–Kier alpha value is -1.06. The van der Waals surface area contributed by atoms with Crippen LogP contribution in [0.2, 0.25) is 0 Å². The van der Waals surface area contributed by atoms with Gasteiger partial charge >= 0.3 is 0 Å². The Morgan fingerprint density at radius 3 is 2.82 bits per heavy atom. The molecule has 0 radical (unpaired) electrons. The van der Waals surface area contributed by atoms with E-state index in [9.17, 15) is 4.79 Å². The molecule has 0 heterocycles. The van der Waals surface area contributed by atoms with Crippen molar-refractivity contribution in [2.24, 2.45) is 0 Å². The van der Waals surface area contributed by atoms with E-state index in [2.05, 4.69) is 16.3 Å². The van der Waals surface area contributed by atoms with Gasteiger partial charge in [0.15, 0.2) is 0 Å². The minimum absolute atomic E-state index is 0.0210. The molecule has 1 aromatic rings. The predicted molar refractivity (Wildman–Crippen MR) is 72.4 cm³/mol. The molecule has 17 heavy (non-hydrogen) atoms. The molecule has 0 unspecified atom stereocenters. The minimum Gasteiger partial charge on any atom is -0.326 e. The topological polar surface area (TPSA) is 32.3 Å². The fourth-order valence-electron chi connectivity index (χ4n) is 1.56. The average molecular weight is 255 g/mol. The molecule has 1 N–H and O–H groups in total. The molecule has 1 amide bonds. The van der Waals surface area contributed by atoms with Gasteiger partial charge in [-0.2, -0.15) is 0 Å². The van der Waals surface area contributed by atoms with Gasteiger partial charge in [-0.15, -0.1) is 11.6 Å². The molecule has 1 aromatic carbocycles. The monoisotopic (exact) mass is 254 g/mol. The Balaban J connectivity index is 2.56. The van der Waals surface area contributed by atoms with Gasteiger partial charge in [-0.3, -0.25) is 4.79 Å². The first-order valence-electron chi connectivity index (χ1n) is 5.71. The van der Waals surface area contributed by atoms with Crippen LogP contribution in [0.1, 0.15) is 18.4 Å². The third-order valence-electron chi connectivity index (χ3n) is 2.25. The number of alkyl halides is 1. The van der Waals surface area contributed by atoms with Gasteiger partial charge in [0, 0.05) is 24.5 Å². The van der Waals surface area contributed by atoms with Crippen LogP contribution >= 0.6 is 11.6 Å². The Kier molecular flexibility index (Phi) is 6.01. The number of carbonyl (C=O) groups is 1. The third kappa shape index (κ3) is 5.71. The summed E-state index contributed by atoms with van der Waals surface area (Å²) < 4.78 is 0. The van der Waals surface area contributed by atoms with Crippen LogP contribution in [0.3, 0.4) is 0 Å². The van der Waals surface area contributed by atoms with E-state index in [-0.39, 0.29) is 5.91 Å². The summed E-state index contributed by atoms with van der Waals surface area (Å²) in [5.41, 5.74) is 2.04. The molecule has 0 aliphatic rings. The number of rotatable bonds is 6. The predicted octanol–water partition coefficient (Wildman–Crippen LogP) is 2.71. The molecular weight excluding hydrogens is 236 g/mol. The van der Waals surface area contributed by atoms with Crippen LogP contribution in [-0.2, 0) is 11.3 Å². The SMILES string of the molecule is CN(C)Cc1cccc(NC(=O)CCCCl)c1. The number of carbonyl (C=O) groups excluding carboxylic acids is 1. The molecule has 3 nitrogen and oxygen atoms in total. The highest BCUT2D eigenvalue weighted by Gasteiger charge is 2.02. The van der Waals surface area contributed by atoms with Crippen molar-refractivity contribution in [3.63, 3.8) is 0 Å². The van der Waals surface area contributed by atoms with E-state index >= 15 is 0 Å². The van der Waals surface area contributed by atoms with E-state index in [1.165, 1.54) is 5.56 Å². The molecule has 4 heteroatoms. The summed E-state index contributed by atoms with van der Waals surface area (Å²) in [7, 11) is 4.04. The maximum atomic E-state index is 11.5. The number of hydrogen-bond acceptors (Lipinski definition) is 2. The molecule has 0 fully saturated rings. The van der Waals surface area contributed by atoms with Crippen molar-refractivity contribution in [1.29, 1.82) is 0 Å². The summed E-state index contributed by atoms with van der Waals surface area (Å²) in [6, 6.07) is 7.90. The number of anilines is 1. The van der Waals surface area contributed by atoms with Crippen LogP contribution < -0.4 is 5.32 Å². The van der Waals surface area contributed by atoms with Crippen molar-refractivity contribution in [3.8, 4) is 0 Å². The molecule has 0 aliphatic carbocycles. The zero-order chi connectivity index (χ0) is 12.7. The van der Waals surface area contributed by atoms with Crippen LogP contribution in [0.15, 0.2) is 24.3 Å². The number of nitrogens with zero attached hydrogens (tertiary/aromatic N) is 1. The summed E-state index contributed by atoms with van der Waals surface area (Å²) in [6.45, 7) is 0.866. The van der Waals surface area contributed by atoms with Gasteiger partial charge in [0.25, 0.3) is 0 Å². The van der Waals surface area contributed by atoms with Crippen LogP contribution in [-0.4, -0.2) is 30.8 Å². The van der Waals surface area contributed by atoms with E-state index < -0.39 is 0 Å². The number of benzene rings is 1. The fourth-order valence-corrected chi connectivity index (χ4v) is 1.70. The number of amides is 1. The molecule has 0 saturated heterocycles. The van der Waals surface area contributed by atoms with Crippen LogP contribution in [0.4, 0.5) is 5.69 Å². The lowest BCUT2D eigenvalue weighted by atomic mass is 10.2. The molecule has 1 rings (SSSR count). The molecule has 0 saturated carbocycles. The zero-order valence-corrected chi connectivity index (χ0v) is 11.1. The zero-order valence-electron chi connectivity index (χ0n) is 10.4. The largest absolute Gasteiger partial charge is 0.326 e. The van der Waals surface area contributed by atoms with E-state index in [4.69, 9.17) is 11.6 Å². The summed E-state index contributed by atoms with van der Waals surface area (Å²) in [5, 5.41) is 2.87. The second-order valence-electron chi connectivity index (χ2n) is 4.28. The Labute approximate surface area is 108 Å². The van der Waals surface area contributed by atoms with E-state index in [0.29, 0.717) is 18.7 Å². The molecule has 0 aromatic heterocycles. The van der Waals surface area contributed by atoms with Gasteiger partial charge < -0.3 is 10.2 Å². The lowest BCUT2D eigenvalue weighted by Crippen LogP contribution is -2.13. The molecule has 0 atom stereocenters. The van der Waals surface area contributed by atoms with Crippen LogP contribution in [0, 0.1) is 0 Å². The van der Waals surface area contributed by atoms with E-state index in [1.54, 1.807) is 0 Å². The summed E-state index contributed by atoms with van der Waals surface area (Å²) in [4.78, 5) is 13.6. The van der Waals surface area contributed by atoms with Gasteiger partial charge in [0.2, 0.25) is 5.91 Å². The smallest absolute Gasteiger partial charge is 0.224 e. The minimum atomic E-state index is 0.0210. The highest BCUT2D eigenvalue weighted by molar-refractivity contribution is 6.18. The van der Waals surface area contributed by atoms with E-state index in [1.807, 2.05) is 32.3 Å². The van der Waals surface area contributed by atoms with Gasteiger partial charge in [-0.1, -0.05) is 12.1 Å². The van der Waals surface area contributed by atoms with Gasteiger partial charge in [-0.05, 0) is 38.2 Å². The maximum Gasteiger partial charge on any atom is 0.224 e. The fraction of sp³-hybridized carbons (Fsp3) is 0.462. The van der Waals surface area contributed by atoms with Crippen molar-refractivity contribution < 1.29 is 4.79 Å². The van der Waals surface area contributed by atoms with Crippen LogP contribution in [0.5, 0.6) is 0 Å².